The van der Waals surface area contributed by atoms with Gasteiger partial charge in [-0.25, -0.2) is 22.8 Å². The lowest BCUT2D eigenvalue weighted by Gasteiger charge is -2.23. The molecule has 0 radical (unpaired) electrons. The minimum atomic E-state index is -3.99. The fourth-order valence-corrected chi connectivity index (χ4v) is 7.39. The fourth-order valence-electron chi connectivity index (χ4n) is 5.23. The van der Waals surface area contributed by atoms with E-state index in [9.17, 15) is 17.6 Å². The number of nitrogens with one attached hydrogen (secondary N) is 2. The van der Waals surface area contributed by atoms with Crippen LogP contribution in [-0.4, -0.2) is 54.5 Å². The van der Waals surface area contributed by atoms with Crippen molar-refractivity contribution in [1.82, 2.24) is 19.6 Å². The summed E-state index contributed by atoms with van der Waals surface area (Å²) >= 11 is 12.4. The smallest absolute Gasteiger partial charge is 0.243 e. The largest absolute Gasteiger partial charge is 0.454 e. The molecule has 0 aliphatic carbocycles. The lowest BCUT2D eigenvalue weighted by atomic mass is 10.1. The van der Waals surface area contributed by atoms with Gasteiger partial charge in [0.05, 0.1) is 22.8 Å². The lowest BCUT2D eigenvalue weighted by molar-refractivity contribution is -0.124. The molecule has 4 aromatic rings. The van der Waals surface area contributed by atoms with Crippen molar-refractivity contribution in [3.05, 3.63) is 93.8 Å². The van der Waals surface area contributed by atoms with Crippen LogP contribution in [0.1, 0.15) is 24.1 Å². The van der Waals surface area contributed by atoms with Crippen LogP contribution in [-0.2, 0) is 27.8 Å². The average Bonchev–Trinajstić information content (AvgIpc) is 3.71. The molecule has 1 saturated heterocycles. The minimum absolute atomic E-state index is 0.0253. The predicted octanol–water partition coefficient (Wildman–Crippen LogP) is 5.44. The molecule has 234 valence electrons. The van der Waals surface area contributed by atoms with E-state index in [1.807, 2.05) is 18.2 Å². The Morgan fingerprint density at radius 1 is 1.00 bits per heavy atom. The number of amides is 1. The van der Waals surface area contributed by atoms with Gasteiger partial charge in [-0.15, -0.1) is 0 Å². The number of halogens is 3. The second-order valence-electron chi connectivity index (χ2n) is 10.5. The standard InChI is InChI=1S/C31H28Cl2FN5O5S/c32-21-5-3-19(25(33)15-21)11-12-35-31-37-23(16-26(38-31)20-4-10-28-29(14-20)44-18-43-28)17-36-30(40)27-2-1-13-39(27)45(41,42)24-8-6-22(34)7-9-24/h3-10,14-16,27H,1-2,11-13,17-18H2,(H,36,40)(H,35,37,38)/t27-/m0/s1. The SMILES string of the molecule is O=C(NCc1cc(-c2ccc3c(c2)OCO3)nc(NCCc2ccc(Cl)cc2Cl)n1)[C@@H]1CCCN1S(=O)(=O)c1ccc(F)cc1. The minimum Gasteiger partial charge on any atom is -0.454 e. The molecule has 2 aliphatic heterocycles. The van der Waals surface area contributed by atoms with E-state index in [4.69, 9.17) is 32.7 Å². The van der Waals surface area contributed by atoms with Crippen molar-refractivity contribution in [1.29, 1.82) is 0 Å². The van der Waals surface area contributed by atoms with Gasteiger partial charge in [0.1, 0.15) is 11.9 Å². The van der Waals surface area contributed by atoms with Gasteiger partial charge >= 0.3 is 0 Å². The topological polar surface area (TPSA) is 123 Å². The summed E-state index contributed by atoms with van der Waals surface area (Å²) in [6, 6.07) is 16.2. The molecule has 3 aromatic carbocycles. The number of rotatable bonds is 10. The molecule has 0 spiro atoms. The van der Waals surface area contributed by atoms with Crippen LogP contribution < -0.4 is 20.1 Å². The molecular weight excluding hydrogens is 644 g/mol. The molecule has 2 N–H and O–H groups in total. The highest BCUT2D eigenvalue weighted by molar-refractivity contribution is 7.89. The summed E-state index contributed by atoms with van der Waals surface area (Å²) in [5.41, 5.74) is 2.75. The van der Waals surface area contributed by atoms with Crippen LogP contribution in [0.4, 0.5) is 10.3 Å². The van der Waals surface area contributed by atoms with Crippen LogP contribution in [0.5, 0.6) is 11.5 Å². The maximum Gasteiger partial charge on any atom is 0.243 e. The fraction of sp³-hybridized carbons (Fsp3) is 0.258. The van der Waals surface area contributed by atoms with Crippen LogP contribution in [0.15, 0.2) is 71.6 Å². The zero-order chi connectivity index (χ0) is 31.6. The third-order valence-corrected chi connectivity index (χ3v) is 10.0. The molecule has 45 heavy (non-hydrogen) atoms. The number of hydrogen-bond donors (Lipinski definition) is 2. The predicted molar refractivity (Wildman–Crippen MR) is 167 cm³/mol. The molecule has 0 saturated carbocycles. The van der Waals surface area contributed by atoms with Gasteiger partial charge in [0.25, 0.3) is 0 Å². The van der Waals surface area contributed by atoms with E-state index in [2.05, 4.69) is 20.6 Å². The Kier molecular flexibility index (Phi) is 9.09. The summed E-state index contributed by atoms with van der Waals surface area (Å²) in [6.07, 6.45) is 1.46. The molecule has 1 amide bonds. The van der Waals surface area contributed by atoms with Gasteiger partial charge in [-0.05, 0) is 85.5 Å². The number of ether oxygens (including phenoxy) is 2. The Labute approximate surface area is 269 Å². The summed E-state index contributed by atoms with van der Waals surface area (Å²) in [4.78, 5) is 22.6. The van der Waals surface area contributed by atoms with Crippen LogP contribution in [0.3, 0.4) is 0 Å². The average molecular weight is 673 g/mol. The second kappa shape index (κ2) is 13.2. The molecule has 2 aliphatic rings. The van der Waals surface area contributed by atoms with Gasteiger partial charge in [-0.1, -0.05) is 29.3 Å². The Balaban J connectivity index is 1.20. The first-order valence-electron chi connectivity index (χ1n) is 14.2. The Bertz CT molecular complexity index is 1850. The zero-order valence-electron chi connectivity index (χ0n) is 23.8. The number of sulfonamides is 1. The number of fused-ring (bicyclic) bond motifs is 1. The first-order chi connectivity index (χ1) is 21.7. The normalized spacial score (nSPS) is 16.1. The number of carbonyl (C=O) groups is 1. The van der Waals surface area contributed by atoms with Crippen molar-refractivity contribution in [2.24, 2.45) is 0 Å². The number of carbonyl (C=O) groups excluding carboxylic acids is 1. The molecular formula is C31H28Cl2FN5O5S. The van der Waals surface area contributed by atoms with Gasteiger partial charge in [0, 0.05) is 28.7 Å². The maximum atomic E-state index is 13.4. The number of benzene rings is 3. The van der Waals surface area contributed by atoms with E-state index in [-0.39, 0.29) is 24.8 Å². The van der Waals surface area contributed by atoms with Gasteiger partial charge in [-0.2, -0.15) is 4.31 Å². The number of anilines is 1. The molecule has 3 heterocycles. The monoisotopic (exact) mass is 671 g/mol. The van der Waals surface area contributed by atoms with Gasteiger partial charge < -0.3 is 20.1 Å². The van der Waals surface area contributed by atoms with Crippen LogP contribution in [0.2, 0.25) is 10.0 Å². The first-order valence-corrected chi connectivity index (χ1v) is 16.4. The van der Waals surface area contributed by atoms with Crippen molar-refractivity contribution >= 4 is 45.1 Å². The Hall–Kier alpha value is -3.97. The van der Waals surface area contributed by atoms with E-state index in [0.29, 0.717) is 64.7 Å². The van der Waals surface area contributed by atoms with E-state index in [1.165, 1.54) is 16.4 Å². The van der Waals surface area contributed by atoms with Crippen LogP contribution >= 0.6 is 23.2 Å². The lowest BCUT2D eigenvalue weighted by Crippen LogP contribution is -2.45. The molecule has 14 heteroatoms. The zero-order valence-corrected chi connectivity index (χ0v) is 26.1. The number of hydrogen-bond acceptors (Lipinski definition) is 8. The highest BCUT2D eigenvalue weighted by atomic mass is 35.5. The van der Waals surface area contributed by atoms with Crippen molar-refractivity contribution in [2.75, 3.05) is 25.2 Å². The van der Waals surface area contributed by atoms with Gasteiger partial charge in [-0.3, -0.25) is 4.79 Å². The van der Waals surface area contributed by atoms with Crippen molar-refractivity contribution in [3.8, 4) is 22.8 Å². The Morgan fingerprint density at radius 3 is 2.60 bits per heavy atom. The number of nitrogens with zero attached hydrogens (tertiary/aromatic N) is 3. The third-order valence-electron chi connectivity index (χ3n) is 7.51. The summed E-state index contributed by atoms with van der Waals surface area (Å²) in [7, 11) is -3.99. The van der Waals surface area contributed by atoms with E-state index in [0.717, 1.165) is 23.3 Å². The first kappa shape index (κ1) is 31.0. The van der Waals surface area contributed by atoms with Crippen molar-refractivity contribution in [2.45, 2.75) is 36.7 Å². The van der Waals surface area contributed by atoms with Gasteiger partial charge in [0.2, 0.25) is 28.7 Å². The summed E-state index contributed by atoms with van der Waals surface area (Å²) < 4.78 is 52.1. The van der Waals surface area contributed by atoms with E-state index < -0.39 is 27.8 Å². The number of aromatic nitrogens is 2. The quantitative estimate of drug-likeness (QED) is 0.229. The molecule has 0 bridgehead atoms. The molecule has 6 rings (SSSR count). The highest BCUT2D eigenvalue weighted by Gasteiger charge is 2.39. The van der Waals surface area contributed by atoms with Crippen LogP contribution in [0.25, 0.3) is 11.3 Å². The molecule has 1 fully saturated rings. The summed E-state index contributed by atoms with van der Waals surface area (Å²) in [5, 5.41) is 7.19. The van der Waals surface area contributed by atoms with Gasteiger partial charge in [0.15, 0.2) is 11.5 Å². The summed E-state index contributed by atoms with van der Waals surface area (Å²) in [6.45, 7) is 0.813. The molecule has 1 aromatic heterocycles. The van der Waals surface area contributed by atoms with Crippen LogP contribution in [0, 0.1) is 5.82 Å². The van der Waals surface area contributed by atoms with E-state index >= 15 is 0 Å². The second-order valence-corrected chi connectivity index (χ2v) is 13.2. The van der Waals surface area contributed by atoms with Crippen molar-refractivity contribution in [3.63, 3.8) is 0 Å². The molecule has 1 atom stereocenters. The molecule has 10 nitrogen and oxygen atoms in total. The highest BCUT2D eigenvalue weighted by Crippen LogP contribution is 2.36. The Morgan fingerprint density at radius 2 is 1.80 bits per heavy atom. The third kappa shape index (κ3) is 6.99. The van der Waals surface area contributed by atoms with E-state index in [1.54, 1.807) is 24.3 Å². The summed E-state index contributed by atoms with van der Waals surface area (Å²) in [5.74, 6) is 0.568. The maximum absolute atomic E-state index is 13.4. The van der Waals surface area contributed by atoms with Crippen molar-refractivity contribution < 1.29 is 27.1 Å². The molecule has 0 unspecified atom stereocenters.